The molecule has 0 spiro atoms. The summed E-state index contributed by atoms with van der Waals surface area (Å²) in [7, 11) is 0. The second-order valence-electron chi connectivity index (χ2n) is 3.72. The summed E-state index contributed by atoms with van der Waals surface area (Å²) in [5.74, 6) is -0.392. The van der Waals surface area contributed by atoms with Gasteiger partial charge in [0, 0.05) is 19.0 Å². The number of rotatable bonds is 7. The van der Waals surface area contributed by atoms with Crippen LogP contribution in [0.1, 0.15) is 65.7 Å². The van der Waals surface area contributed by atoms with Crippen LogP contribution in [0, 0.1) is 0 Å². The van der Waals surface area contributed by atoms with Crippen molar-refractivity contribution < 1.29 is 8.98 Å². The molecule has 16 heavy (non-hydrogen) atoms. The topological polar surface area (TPSA) is 26.3 Å². The van der Waals surface area contributed by atoms with Crippen molar-refractivity contribution in [2.24, 2.45) is 0 Å². The minimum atomic E-state index is -0.392. The molecule has 0 amide bonds. The summed E-state index contributed by atoms with van der Waals surface area (Å²) < 4.78 is 4.16. The van der Waals surface area contributed by atoms with Crippen LogP contribution in [0.25, 0.3) is 0 Å². The maximum Gasteiger partial charge on any atom is 0.342 e. The largest absolute Gasteiger partial charge is 0.391 e. The first-order valence-electron chi connectivity index (χ1n) is 6.24. The summed E-state index contributed by atoms with van der Waals surface area (Å²) in [4.78, 5) is 10.6. The van der Waals surface area contributed by atoms with Gasteiger partial charge in [0.2, 0.25) is 0 Å². The van der Waals surface area contributed by atoms with Crippen LogP contribution in [-0.2, 0) is 8.98 Å². The maximum absolute atomic E-state index is 10.6. The van der Waals surface area contributed by atoms with Crippen molar-refractivity contribution in [3.63, 3.8) is 0 Å². The van der Waals surface area contributed by atoms with E-state index < -0.39 is 5.97 Å². The average Bonchev–Trinajstić information content (AvgIpc) is 2.28. The second kappa shape index (κ2) is 17.0. The summed E-state index contributed by atoms with van der Waals surface area (Å²) in [6, 6.07) is 0. The van der Waals surface area contributed by atoms with Gasteiger partial charge in [0.25, 0.3) is 0 Å². The van der Waals surface area contributed by atoms with Gasteiger partial charge in [0.15, 0.2) is 0 Å². The number of hydrogen-bond acceptors (Lipinski definition) is 3. The molecule has 0 radical (unpaired) electrons. The standard InChI is InChI=1S/C10H18O2S.C3H8/c1-2-3-4-5-6-7-8-9-10(11)12-13;1-3-2/h8-9,13H,2-7H2,1H3;3H2,1-2H3. The smallest absolute Gasteiger partial charge is 0.342 e. The lowest BCUT2D eigenvalue weighted by molar-refractivity contribution is -0.127. The van der Waals surface area contributed by atoms with Crippen LogP contribution < -0.4 is 0 Å². The van der Waals surface area contributed by atoms with Gasteiger partial charge in [-0.1, -0.05) is 59.0 Å². The average molecular weight is 246 g/mol. The van der Waals surface area contributed by atoms with Crippen LogP contribution in [0.5, 0.6) is 0 Å². The van der Waals surface area contributed by atoms with Crippen molar-refractivity contribution in [2.45, 2.75) is 65.7 Å². The van der Waals surface area contributed by atoms with Crippen molar-refractivity contribution in [1.29, 1.82) is 0 Å². The third-order valence-electron chi connectivity index (χ3n) is 1.82. The highest BCUT2D eigenvalue weighted by molar-refractivity contribution is 7.75. The van der Waals surface area contributed by atoms with E-state index in [1.807, 2.05) is 6.08 Å². The maximum atomic E-state index is 10.6. The third kappa shape index (κ3) is 19.2. The molecule has 3 heteroatoms. The van der Waals surface area contributed by atoms with E-state index in [1.165, 1.54) is 38.2 Å². The Kier molecular flexibility index (Phi) is 19.0. The summed E-state index contributed by atoms with van der Waals surface area (Å²) in [5.41, 5.74) is 0. The molecule has 0 fully saturated rings. The van der Waals surface area contributed by atoms with Crippen LogP contribution in [0.3, 0.4) is 0 Å². The number of thiol groups is 1. The predicted molar refractivity (Wildman–Crippen MR) is 73.6 cm³/mol. The third-order valence-corrected chi connectivity index (χ3v) is 2.00. The number of carbonyl (C=O) groups excluding carboxylic acids is 1. The Morgan fingerprint density at radius 2 is 1.69 bits per heavy atom. The molecular formula is C13H26O2S. The van der Waals surface area contributed by atoms with Gasteiger partial charge in [-0.05, 0) is 12.8 Å². The SMILES string of the molecule is CCC.CCCCCCCC=CC(=O)OS. The number of carbonyl (C=O) groups is 1. The molecule has 0 heterocycles. The van der Waals surface area contributed by atoms with Crippen molar-refractivity contribution in [3.05, 3.63) is 12.2 Å². The fourth-order valence-corrected chi connectivity index (χ4v) is 1.14. The molecule has 0 unspecified atom stereocenters. The van der Waals surface area contributed by atoms with Gasteiger partial charge in [-0.15, -0.1) is 0 Å². The van der Waals surface area contributed by atoms with Crippen molar-refractivity contribution in [3.8, 4) is 0 Å². The Labute approximate surface area is 106 Å². The summed E-state index contributed by atoms with van der Waals surface area (Å²) in [6.45, 7) is 6.45. The van der Waals surface area contributed by atoms with Crippen LogP contribution in [0.4, 0.5) is 0 Å². The van der Waals surface area contributed by atoms with Gasteiger partial charge in [0.1, 0.15) is 0 Å². The van der Waals surface area contributed by atoms with E-state index in [1.54, 1.807) is 0 Å². The zero-order valence-electron chi connectivity index (χ0n) is 10.9. The van der Waals surface area contributed by atoms with E-state index in [0.29, 0.717) is 0 Å². The Morgan fingerprint density at radius 3 is 2.19 bits per heavy atom. The van der Waals surface area contributed by atoms with Crippen molar-refractivity contribution >= 4 is 18.9 Å². The van der Waals surface area contributed by atoms with Crippen LogP contribution in [0.2, 0.25) is 0 Å². The zero-order chi connectivity index (χ0) is 12.6. The van der Waals surface area contributed by atoms with E-state index in [2.05, 4.69) is 37.9 Å². The van der Waals surface area contributed by atoms with E-state index in [4.69, 9.17) is 0 Å². The summed E-state index contributed by atoms with van der Waals surface area (Å²) in [6.07, 6.45) is 11.7. The molecule has 0 rings (SSSR count). The molecule has 96 valence electrons. The lowest BCUT2D eigenvalue weighted by atomic mass is 10.1. The summed E-state index contributed by atoms with van der Waals surface area (Å²) >= 11 is 3.39. The van der Waals surface area contributed by atoms with Gasteiger partial charge in [-0.25, -0.2) is 4.79 Å². The lowest BCUT2D eigenvalue weighted by Gasteiger charge is -1.95. The molecule has 0 aromatic rings. The minimum absolute atomic E-state index is 0.392. The van der Waals surface area contributed by atoms with Gasteiger partial charge in [-0.3, -0.25) is 0 Å². The fourth-order valence-electron chi connectivity index (χ4n) is 1.08. The van der Waals surface area contributed by atoms with E-state index >= 15 is 0 Å². The predicted octanol–water partition coefficient (Wildman–Crippen LogP) is 4.71. The van der Waals surface area contributed by atoms with Crippen LogP contribution in [0.15, 0.2) is 12.2 Å². The molecule has 0 aliphatic rings. The first-order valence-corrected chi connectivity index (χ1v) is 6.61. The molecule has 0 N–H and O–H groups in total. The van der Waals surface area contributed by atoms with Gasteiger partial charge >= 0.3 is 5.97 Å². The minimum Gasteiger partial charge on any atom is -0.391 e. The molecule has 0 bridgehead atoms. The number of unbranched alkanes of at least 4 members (excludes halogenated alkanes) is 5. The van der Waals surface area contributed by atoms with Gasteiger partial charge in [-0.2, -0.15) is 0 Å². The Balaban J connectivity index is 0. The van der Waals surface area contributed by atoms with Gasteiger partial charge in [0.05, 0.1) is 0 Å². The molecular weight excluding hydrogens is 220 g/mol. The Hall–Kier alpha value is -0.440. The molecule has 0 aromatic heterocycles. The molecule has 0 aliphatic carbocycles. The van der Waals surface area contributed by atoms with E-state index in [9.17, 15) is 4.79 Å². The monoisotopic (exact) mass is 246 g/mol. The molecule has 0 aliphatic heterocycles. The quantitative estimate of drug-likeness (QED) is 0.305. The highest BCUT2D eigenvalue weighted by atomic mass is 32.1. The van der Waals surface area contributed by atoms with E-state index in [0.717, 1.165) is 12.8 Å². The zero-order valence-corrected chi connectivity index (χ0v) is 11.8. The van der Waals surface area contributed by atoms with Crippen molar-refractivity contribution in [1.82, 2.24) is 0 Å². The lowest BCUT2D eigenvalue weighted by Crippen LogP contribution is -1.88. The molecule has 0 aromatic carbocycles. The van der Waals surface area contributed by atoms with E-state index in [-0.39, 0.29) is 0 Å². The second-order valence-corrected chi connectivity index (χ2v) is 3.91. The molecule has 0 atom stereocenters. The normalized spacial score (nSPS) is 9.75. The molecule has 0 saturated heterocycles. The highest BCUT2D eigenvalue weighted by Gasteiger charge is 1.90. The molecule has 0 saturated carbocycles. The molecule has 2 nitrogen and oxygen atoms in total. The number of hydrogen-bond donors (Lipinski definition) is 1. The first-order chi connectivity index (χ1) is 7.72. The van der Waals surface area contributed by atoms with Crippen LogP contribution >= 0.6 is 12.9 Å². The van der Waals surface area contributed by atoms with Crippen LogP contribution in [-0.4, -0.2) is 5.97 Å². The van der Waals surface area contributed by atoms with Gasteiger partial charge < -0.3 is 4.18 Å². The Morgan fingerprint density at radius 1 is 1.12 bits per heavy atom. The highest BCUT2D eigenvalue weighted by Crippen LogP contribution is 2.05. The summed E-state index contributed by atoms with van der Waals surface area (Å²) in [5, 5.41) is 0. The van der Waals surface area contributed by atoms with Crippen molar-refractivity contribution in [2.75, 3.05) is 0 Å². The Bertz CT molecular complexity index is 167. The first kappa shape index (κ1) is 17.9. The fraction of sp³-hybridized carbons (Fsp3) is 0.769. The number of allylic oxidation sites excluding steroid dienone is 1.